The predicted octanol–water partition coefficient (Wildman–Crippen LogP) is 5.45. The highest BCUT2D eigenvalue weighted by molar-refractivity contribution is 7.15. The van der Waals surface area contributed by atoms with Gasteiger partial charge >= 0.3 is 5.97 Å². The first-order valence-electron chi connectivity index (χ1n) is 11.8. The molecule has 8 heteroatoms. The van der Waals surface area contributed by atoms with Gasteiger partial charge in [0, 0.05) is 36.5 Å². The van der Waals surface area contributed by atoms with Crippen LogP contribution in [0.4, 0.5) is 5.00 Å². The molecule has 0 aliphatic carbocycles. The monoisotopic (exact) mass is 501 g/mol. The second-order valence-corrected chi connectivity index (χ2v) is 9.14. The Balaban J connectivity index is 1.66. The number of aryl methyl sites for hydroxylation is 3. The average Bonchev–Trinajstić information content (AvgIpc) is 3.55. The van der Waals surface area contributed by atoms with E-state index in [-0.39, 0.29) is 23.4 Å². The SMILES string of the molecule is CCn1ccc(-c2csc(N(C(=O)CCc3ccccc3)C(=O)CCc3ccccc3)c2C(=O)O)n1. The molecule has 0 aliphatic heterocycles. The minimum atomic E-state index is -1.20. The fraction of sp³-hybridized carbons (Fsp3) is 0.214. The van der Waals surface area contributed by atoms with Crippen molar-refractivity contribution in [1.29, 1.82) is 0 Å². The number of carbonyl (C=O) groups excluding carboxylic acids is 2. The van der Waals surface area contributed by atoms with Crippen LogP contribution in [0.3, 0.4) is 0 Å². The molecule has 2 aromatic carbocycles. The second kappa shape index (κ2) is 11.6. The van der Waals surface area contributed by atoms with Crippen molar-refractivity contribution in [3.63, 3.8) is 0 Å². The van der Waals surface area contributed by atoms with E-state index in [1.165, 1.54) is 0 Å². The molecule has 0 aliphatic rings. The van der Waals surface area contributed by atoms with Crippen molar-refractivity contribution in [1.82, 2.24) is 9.78 Å². The van der Waals surface area contributed by atoms with Crippen LogP contribution in [0.15, 0.2) is 78.3 Å². The van der Waals surface area contributed by atoms with E-state index in [0.29, 0.717) is 30.6 Å². The van der Waals surface area contributed by atoms with Gasteiger partial charge in [-0.15, -0.1) is 11.3 Å². The topological polar surface area (TPSA) is 92.5 Å². The van der Waals surface area contributed by atoms with Gasteiger partial charge in [0.1, 0.15) is 10.6 Å². The lowest BCUT2D eigenvalue weighted by Crippen LogP contribution is -2.37. The van der Waals surface area contributed by atoms with E-state index in [2.05, 4.69) is 5.10 Å². The van der Waals surface area contributed by atoms with Gasteiger partial charge in [-0.1, -0.05) is 60.7 Å². The zero-order valence-electron chi connectivity index (χ0n) is 20.0. The van der Waals surface area contributed by atoms with Crippen molar-refractivity contribution in [2.45, 2.75) is 39.2 Å². The maximum Gasteiger partial charge on any atom is 0.339 e. The summed E-state index contributed by atoms with van der Waals surface area (Å²) in [6.07, 6.45) is 2.83. The lowest BCUT2D eigenvalue weighted by molar-refractivity contribution is -0.126. The molecular formula is C28H27N3O4S. The summed E-state index contributed by atoms with van der Waals surface area (Å²) in [5, 5.41) is 16.3. The van der Waals surface area contributed by atoms with Gasteiger partial charge in [-0.25, -0.2) is 9.69 Å². The molecule has 36 heavy (non-hydrogen) atoms. The van der Waals surface area contributed by atoms with E-state index in [4.69, 9.17) is 0 Å². The van der Waals surface area contributed by atoms with Gasteiger partial charge in [0.25, 0.3) is 0 Å². The van der Waals surface area contributed by atoms with E-state index in [9.17, 15) is 19.5 Å². The Labute approximate surface area is 213 Å². The van der Waals surface area contributed by atoms with E-state index in [1.54, 1.807) is 22.3 Å². The summed E-state index contributed by atoms with van der Waals surface area (Å²) in [7, 11) is 0. The molecule has 0 saturated heterocycles. The normalized spacial score (nSPS) is 10.8. The largest absolute Gasteiger partial charge is 0.478 e. The molecule has 0 atom stereocenters. The Morgan fingerprint density at radius 1 is 0.889 bits per heavy atom. The lowest BCUT2D eigenvalue weighted by atomic mass is 10.1. The van der Waals surface area contributed by atoms with Gasteiger partial charge in [-0.2, -0.15) is 5.10 Å². The summed E-state index contributed by atoms with van der Waals surface area (Å²) in [5.41, 5.74) is 2.75. The first kappa shape index (κ1) is 25.1. The number of benzene rings is 2. The van der Waals surface area contributed by atoms with Gasteiger partial charge in [0.15, 0.2) is 0 Å². The van der Waals surface area contributed by atoms with Gasteiger partial charge in [-0.3, -0.25) is 14.3 Å². The van der Waals surface area contributed by atoms with E-state index < -0.39 is 17.8 Å². The molecular weight excluding hydrogens is 474 g/mol. The smallest absolute Gasteiger partial charge is 0.339 e. The Kier molecular flexibility index (Phi) is 8.07. The highest BCUT2D eigenvalue weighted by Crippen LogP contribution is 2.38. The number of carbonyl (C=O) groups is 3. The minimum Gasteiger partial charge on any atom is -0.478 e. The molecule has 4 aromatic rings. The van der Waals surface area contributed by atoms with E-state index >= 15 is 0 Å². The van der Waals surface area contributed by atoms with Crippen molar-refractivity contribution in [2.75, 3.05) is 4.90 Å². The van der Waals surface area contributed by atoms with Crippen LogP contribution in [0.25, 0.3) is 11.3 Å². The van der Waals surface area contributed by atoms with Crippen molar-refractivity contribution in [3.05, 3.63) is 95.0 Å². The predicted molar refractivity (Wildman–Crippen MR) is 140 cm³/mol. The third kappa shape index (κ3) is 5.78. The molecule has 184 valence electrons. The lowest BCUT2D eigenvalue weighted by Gasteiger charge is -2.21. The fourth-order valence-corrected chi connectivity index (χ4v) is 5.06. The number of carboxylic acids is 1. The number of aromatic nitrogens is 2. The number of hydrogen-bond acceptors (Lipinski definition) is 5. The molecule has 1 N–H and O–H groups in total. The van der Waals surface area contributed by atoms with Crippen molar-refractivity contribution in [3.8, 4) is 11.3 Å². The van der Waals surface area contributed by atoms with Gasteiger partial charge in [0.05, 0.1) is 5.69 Å². The van der Waals surface area contributed by atoms with Crippen LogP contribution < -0.4 is 4.90 Å². The Hall–Kier alpha value is -4.04. The van der Waals surface area contributed by atoms with Crippen LogP contribution in [0, 0.1) is 0 Å². The first-order valence-corrected chi connectivity index (χ1v) is 12.7. The highest BCUT2D eigenvalue weighted by atomic mass is 32.1. The Morgan fingerprint density at radius 3 is 1.92 bits per heavy atom. The van der Waals surface area contributed by atoms with Crippen LogP contribution in [0.1, 0.15) is 41.3 Å². The summed E-state index contributed by atoms with van der Waals surface area (Å²) in [6.45, 7) is 2.58. The van der Waals surface area contributed by atoms with Crippen molar-refractivity contribution < 1.29 is 19.5 Å². The van der Waals surface area contributed by atoms with Crippen LogP contribution in [0.5, 0.6) is 0 Å². The molecule has 0 radical (unpaired) electrons. The third-order valence-corrected chi connectivity index (χ3v) is 6.83. The fourth-order valence-electron chi connectivity index (χ4n) is 3.97. The number of thiophene rings is 1. The Morgan fingerprint density at radius 2 is 1.44 bits per heavy atom. The molecule has 0 fully saturated rings. The van der Waals surface area contributed by atoms with Crippen molar-refractivity contribution >= 4 is 34.1 Å². The number of aromatic carboxylic acids is 1. The second-order valence-electron chi connectivity index (χ2n) is 8.29. The van der Waals surface area contributed by atoms with Crippen molar-refractivity contribution in [2.24, 2.45) is 0 Å². The molecule has 7 nitrogen and oxygen atoms in total. The molecule has 0 unspecified atom stereocenters. The van der Waals surface area contributed by atoms with Crippen LogP contribution >= 0.6 is 11.3 Å². The molecule has 2 heterocycles. The summed E-state index contributed by atoms with van der Waals surface area (Å²) < 4.78 is 1.70. The van der Waals surface area contributed by atoms with E-state index in [0.717, 1.165) is 27.4 Å². The number of anilines is 1. The highest BCUT2D eigenvalue weighted by Gasteiger charge is 2.31. The molecule has 2 amide bonds. The van der Waals surface area contributed by atoms with E-state index in [1.807, 2.05) is 67.6 Å². The molecule has 0 saturated carbocycles. The van der Waals surface area contributed by atoms with Gasteiger partial charge < -0.3 is 5.11 Å². The summed E-state index contributed by atoms with van der Waals surface area (Å²) in [4.78, 5) is 40.3. The zero-order chi connectivity index (χ0) is 25.5. The third-order valence-electron chi connectivity index (χ3n) is 5.87. The average molecular weight is 502 g/mol. The number of nitrogens with zero attached hydrogens (tertiary/aromatic N) is 3. The van der Waals surface area contributed by atoms with Crippen LogP contribution in [-0.2, 0) is 29.0 Å². The summed E-state index contributed by atoms with van der Waals surface area (Å²) in [6, 6.07) is 20.8. The van der Waals surface area contributed by atoms with Crippen LogP contribution in [0.2, 0.25) is 0 Å². The number of amides is 2. The molecule has 0 bridgehead atoms. The Bertz CT molecular complexity index is 1290. The summed E-state index contributed by atoms with van der Waals surface area (Å²) in [5.74, 6) is -2.05. The number of rotatable bonds is 10. The minimum absolute atomic E-state index is 0.0810. The summed E-state index contributed by atoms with van der Waals surface area (Å²) >= 11 is 1.08. The van der Waals surface area contributed by atoms with Gasteiger partial charge in [0.2, 0.25) is 11.8 Å². The standard InChI is InChI=1S/C28H27N3O4S/c1-2-30-18-17-23(29-30)22-19-36-27(26(22)28(34)35)31(24(32)15-13-20-9-5-3-6-10-20)25(33)16-14-21-11-7-4-8-12-21/h3-12,17-19H,2,13-16H2,1H3,(H,34,35). The number of imide groups is 1. The molecule has 2 aromatic heterocycles. The van der Waals surface area contributed by atoms with Gasteiger partial charge in [-0.05, 0) is 37.0 Å². The number of carboxylic acid groups (broad SMARTS) is 1. The molecule has 0 spiro atoms. The first-order chi connectivity index (χ1) is 17.5. The quantitative estimate of drug-likeness (QED) is 0.312. The maximum absolute atomic E-state index is 13.4. The maximum atomic E-state index is 13.4. The van der Waals surface area contributed by atoms with Crippen LogP contribution in [-0.4, -0.2) is 32.7 Å². The number of hydrogen-bond donors (Lipinski definition) is 1. The zero-order valence-corrected chi connectivity index (χ0v) is 20.8. The molecule has 4 rings (SSSR count).